The fourth-order valence-electron chi connectivity index (χ4n) is 5.48. The number of nitrogens with zero attached hydrogens (tertiary/aromatic N) is 3. The number of ether oxygens (including phenoxy) is 2. The van der Waals surface area contributed by atoms with Crippen LogP contribution in [0.1, 0.15) is 30.9 Å². The number of carboxylic acids is 1. The van der Waals surface area contributed by atoms with Crippen LogP contribution in [0.2, 0.25) is 0 Å². The molecular formula is C28H29F4N5O4. The average molecular weight is 576 g/mol. The number of aromatic nitrogens is 2. The predicted octanol–water partition coefficient (Wildman–Crippen LogP) is 4.59. The molecule has 2 aliphatic rings. The number of hydrogen-bond acceptors (Lipinski definition) is 8. The number of carboxylic acid groups (broad SMARTS) is 1. The maximum absolute atomic E-state index is 14.1. The molecule has 2 fully saturated rings. The van der Waals surface area contributed by atoms with Crippen molar-refractivity contribution >= 4 is 17.7 Å². The van der Waals surface area contributed by atoms with E-state index in [2.05, 4.69) is 15.3 Å². The highest BCUT2D eigenvalue weighted by atomic mass is 19.4. The van der Waals surface area contributed by atoms with Crippen LogP contribution in [0.25, 0.3) is 11.1 Å². The SMILES string of the molecule is COc1ccc(-c2ccc(C(Oc3cc(N4CCC5(CC4)CN[C@H](C(=O)O)C5)nc(N)n3)C(F)(F)F)cc2)cc1F. The van der Waals surface area contributed by atoms with Crippen LogP contribution in [-0.2, 0) is 4.79 Å². The van der Waals surface area contributed by atoms with E-state index in [-0.39, 0.29) is 28.6 Å². The molecule has 4 N–H and O–H groups in total. The Balaban J connectivity index is 1.32. The standard InChI is InChI=1S/C28H29F4N5O4/c1-40-21-7-6-18(12-19(21)29)16-2-4-17(5-3-16)24(28(30,31)32)41-23-13-22(35-26(33)36-23)37-10-8-27(9-11-37)14-20(25(38)39)34-15-27/h2-7,12-13,20,24,34H,8-11,14-15H2,1H3,(H,38,39)(H2,33,35,36)/t20-,24?/m0/s1. The van der Waals surface area contributed by atoms with Gasteiger partial charge in [-0.1, -0.05) is 30.3 Å². The van der Waals surface area contributed by atoms with Crippen LogP contribution in [0.3, 0.4) is 0 Å². The Hall–Kier alpha value is -4.13. The molecule has 2 aliphatic heterocycles. The largest absolute Gasteiger partial charge is 0.494 e. The Morgan fingerprint density at radius 1 is 1.12 bits per heavy atom. The Labute approximate surface area is 233 Å². The first-order chi connectivity index (χ1) is 19.5. The Bertz CT molecular complexity index is 1410. The number of benzene rings is 2. The van der Waals surface area contributed by atoms with Crippen LogP contribution in [0, 0.1) is 11.2 Å². The van der Waals surface area contributed by atoms with E-state index in [0.717, 1.165) is 0 Å². The van der Waals surface area contributed by atoms with Crippen molar-refractivity contribution in [3.63, 3.8) is 0 Å². The minimum atomic E-state index is -4.78. The number of aliphatic carboxylic acids is 1. The summed E-state index contributed by atoms with van der Waals surface area (Å²) in [5.41, 5.74) is 6.52. The minimum absolute atomic E-state index is 0.0610. The molecule has 9 nitrogen and oxygen atoms in total. The van der Waals surface area contributed by atoms with Crippen molar-refractivity contribution in [2.45, 2.75) is 37.6 Å². The second kappa shape index (κ2) is 11.0. The van der Waals surface area contributed by atoms with E-state index in [1.807, 2.05) is 4.90 Å². The zero-order chi connectivity index (χ0) is 29.4. The van der Waals surface area contributed by atoms with Crippen molar-refractivity contribution in [3.05, 3.63) is 59.9 Å². The third-order valence-electron chi connectivity index (χ3n) is 7.75. The van der Waals surface area contributed by atoms with Crippen molar-refractivity contribution in [2.24, 2.45) is 5.41 Å². The summed E-state index contributed by atoms with van der Waals surface area (Å²) < 4.78 is 66.8. The smallest absolute Gasteiger partial charge is 0.429 e. The molecule has 1 aromatic heterocycles. The lowest BCUT2D eigenvalue weighted by Crippen LogP contribution is -2.41. The molecule has 3 heterocycles. The van der Waals surface area contributed by atoms with E-state index in [1.54, 1.807) is 6.07 Å². The molecule has 0 bridgehead atoms. The summed E-state index contributed by atoms with van der Waals surface area (Å²) in [6.45, 7) is 1.65. The number of piperidine rings is 1. The molecule has 2 aromatic carbocycles. The highest BCUT2D eigenvalue weighted by Crippen LogP contribution is 2.41. The first-order valence-corrected chi connectivity index (χ1v) is 13.0. The van der Waals surface area contributed by atoms with Crippen molar-refractivity contribution in [3.8, 4) is 22.8 Å². The van der Waals surface area contributed by atoms with Crippen molar-refractivity contribution < 1.29 is 36.9 Å². The van der Waals surface area contributed by atoms with Gasteiger partial charge < -0.3 is 30.5 Å². The molecule has 1 spiro atoms. The summed E-state index contributed by atoms with van der Waals surface area (Å²) in [6.07, 6.45) is -5.20. The maximum Gasteiger partial charge on any atom is 0.429 e. The molecule has 13 heteroatoms. The number of anilines is 2. The van der Waals surface area contributed by atoms with Crippen molar-refractivity contribution in [1.29, 1.82) is 0 Å². The zero-order valence-corrected chi connectivity index (χ0v) is 22.1. The van der Waals surface area contributed by atoms with E-state index < -0.39 is 30.1 Å². The van der Waals surface area contributed by atoms with Gasteiger partial charge >= 0.3 is 12.1 Å². The van der Waals surface area contributed by atoms with Gasteiger partial charge in [0.2, 0.25) is 17.9 Å². The quantitative estimate of drug-likeness (QED) is 0.347. The van der Waals surface area contributed by atoms with Gasteiger partial charge in [0, 0.05) is 31.3 Å². The fraction of sp³-hybridized carbons (Fsp3) is 0.393. The first kappa shape index (κ1) is 28.4. The van der Waals surface area contributed by atoms with E-state index >= 15 is 0 Å². The van der Waals surface area contributed by atoms with Gasteiger partial charge in [0.05, 0.1) is 7.11 Å². The topological polar surface area (TPSA) is 123 Å². The molecule has 5 rings (SSSR count). The van der Waals surface area contributed by atoms with Gasteiger partial charge in [0.1, 0.15) is 11.9 Å². The third kappa shape index (κ3) is 6.14. The van der Waals surface area contributed by atoms with Gasteiger partial charge in [-0.05, 0) is 47.9 Å². The average Bonchev–Trinajstić information content (AvgIpc) is 3.35. The predicted molar refractivity (Wildman–Crippen MR) is 142 cm³/mol. The molecular weight excluding hydrogens is 546 g/mol. The Kier molecular flexibility index (Phi) is 7.64. The summed E-state index contributed by atoms with van der Waals surface area (Å²) in [5.74, 6) is -1.63. The fourth-order valence-corrected chi connectivity index (χ4v) is 5.48. The number of nitrogens with one attached hydrogen (secondary N) is 1. The maximum atomic E-state index is 14.1. The molecule has 0 saturated carbocycles. The lowest BCUT2D eigenvalue weighted by molar-refractivity contribution is -0.198. The van der Waals surface area contributed by atoms with Crippen molar-refractivity contribution in [1.82, 2.24) is 15.3 Å². The molecule has 0 aliphatic carbocycles. The van der Waals surface area contributed by atoms with Crippen LogP contribution < -0.4 is 25.4 Å². The summed E-state index contributed by atoms with van der Waals surface area (Å²) in [5, 5.41) is 12.4. The number of nitrogens with two attached hydrogens (primary N) is 1. The first-order valence-electron chi connectivity index (χ1n) is 13.0. The summed E-state index contributed by atoms with van der Waals surface area (Å²) in [6, 6.07) is 10.5. The van der Waals surface area contributed by atoms with Crippen LogP contribution in [0.15, 0.2) is 48.5 Å². The van der Waals surface area contributed by atoms with Crippen LogP contribution >= 0.6 is 0 Å². The minimum Gasteiger partial charge on any atom is -0.494 e. The van der Waals surface area contributed by atoms with Crippen LogP contribution in [-0.4, -0.2) is 60.0 Å². The molecule has 3 aromatic rings. The molecule has 2 saturated heterocycles. The van der Waals surface area contributed by atoms with Gasteiger partial charge in [0.15, 0.2) is 11.6 Å². The molecule has 1 unspecified atom stereocenters. The van der Waals surface area contributed by atoms with Gasteiger partial charge in [-0.2, -0.15) is 23.1 Å². The monoisotopic (exact) mass is 575 g/mol. The van der Waals surface area contributed by atoms with Crippen molar-refractivity contribution in [2.75, 3.05) is 37.4 Å². The number of alkyl halides is 3. The zero-order valence-electron chi connectivity index (χ0n) is 22.1. The Morgan fingerprint density at radius 2 is 1.80 bits per heavy atom. The van der Waals surface area contributed by atoms with Crippen LogP contribution in [0.5, 0.6) is 11.6 Å². The second-order valence-corrected chi connectivity index (χ2v) is 10.4. The summed E-state index contributed by atoms with van der Waals surface area (Å²) >= 11 is 0. The lowest BCUT2D eigenvalue weighted by Gasteiger charge is -2.39. The second-order valence-electron chi connectivity index (χ2n) is 10.4. The lowest BCUT2D eigenvalue weighted by atomic mass is 9.76. The summed E-state index contributed by atoms with van der Waals surface area (Å²) in [7, 11) is 1.34. The van der Waals surface area contributed by atoms with E-state index in [4.69, 9.17) is 15.2 Å². The van der Waals surface area contributed by atoms with E-state index in [9.17, 15) is 27.5 Å². The van der Waals surface area contributed by atoms with Gasteiger partial charge in [-0.3, -0.25) is 4.79 Å². The highest BCUT2D eigenvalue weighted by molar-refractivity contribution is 5.74. The number of carbonyl (C=O) groups is 1. The van der Waals surface area contributed by atoms with Crippen LogP contribution in [0.4, 0.5) is 29.3 Å². The van der Waals surface area contributed by atoms with Gasteiger partial charge in [-0.15, -0.1) is 0 Å². The van der Waals surface area contributed by atoms with E-state index in [1.165, 1.54) is 49.6 Å². The van der Waals surface area contributed by atoms with Gasteiger partial charge in [0.25, 0.3) is 0 Å². The Morgan fingerprint density at radius 3 is 2.39 bits per heavy atom. The molecule has 0 amide bonds. The highest BCUT2D eigenvalue weighted by Gasteiger charge is 2.45. The molecule has 218 valence electrons. The number of methoxy groups -OCH3 is 1. The molecule has 41 heavy (non-hydrogen) atoms. The summed E-state index contributed by atoms with van der Waals surface area (Å²) in [4.78, 5) is 21.3. The number of halogens is 4. The van der Waals surface area contributed by atoms with E-state index in [0.29, 0.717) is 55.8 Å². The normalized spacial score (nSPS) is 19.2. The number of nitrogen functional groups attached to an aromatic ring is 1. The third-order valence-corrected chi connectivity index (χ3v) is 7.75. The number of rotatable bonds is 7. The number of hydrogen-bond donors (Lipinski definition) is 3. The molecule has 0 radical (unpaired) electrons. The molecule has 2 atom stereocenters. The van der Waals surface area contributed by atoms with Gasteiger partial charge in [-0.25, -0.2) is 4.39 Å².